The van der Waals surface area contributed by atoms with Crippen molar-refractivity contribution in [2.24, 2.45) is 0 Å². The molecule has 3 heteroatoms. The van der Waals surface area contributed by atoms with Gasteiger partial charge in [-0.05, 0) is 57.2 Å². The fourth-order valence-electron chi connectivity index (χ4n) is 3.41. The zero-order chi connectivity index (χ0) is 15.7. The monoisotopic (exact) mass is 314 g/mol. The Kier molecular flexibility index (Phi) is 4.30. The van der Waals surface area contributed by atoms with Gasteiger partial charge in [-0.15, -0.1) is 0 Å². The quantitative estimate of drug-likeness (QED) is 0.789. The van der Waals surface area contributed by atoms with Crippen LogP contribution in [0.15, 0.2) is 48.5 Å². The fraction of sp³-hybridized carbons (Fsp3) is 0.368. The molecule has 1 saturated heterocycles. The van der Waals surface area contributed by atoms with Gasteiger partial charge in [-0.3, -0.25) is 0 Å². The molecule has 0 radical (unpaired) electrons. The van der Waals surface area contributed by atoms with Crippen molar-refractivity contribution in [2.45, 2.75) is 32.9 Å². The molecule has 22 heavy (non-hydrogen) atoms. The van der Waals surface area contributed by atoms with Gasteiger partial charge in [0.1, 0.15) is 0 Å². The van der Waals surface area contributed by atoms with E-state index >= 15 is 0 Å². The minimum Gasteiger partial charge on any atom is -0.367 e. The maximum atomic E-state index is 6.00. The van der Waals surface area contributed by atoms with Crippen molar-refractivity contribution < 1.29 is 0 Å². The van der Waals surface area contributed by atoms with E-state index < -0.39 is 0 Å². The van der Waals surface area contributed by atoms with Gasteiger partial charge < -0.3 is 9.80 Å². The minimum atomic E-state index is 0.474. The van der Waals surface area contributed by atoms with E-state index in [-0.39, 0.29) is 0 Å². The van der Waals surface area contributed by atoms with Crippen molar-refractivity contribution in [3.05, 3.63) is 59.1 Å². The van der Waals surface area contributed by atoms with Crippen LogP contribution in [0.3, 0.4) is 0 Å². The molecule has 116 valence electrons. The van der Waals surface area contributed by atoms with E-state index in [0.717, 1.165) is 18.1 Å². The van der Waals surface area contributed by atoms with Crippen LogP contribution in [0.4, 0.5) is 11.4 Å². The van der Waals surface area contributed by atoms with E-state index in [1.165, 1.54) is 16.9 Å². The summed E-state index contributed by atoms with van der Waals surface area (Å²) < 4.78 is 0. The van der Waals surface area contributed by atoms with Crippen LogP contribution in [-0.2, 0) is 0 Å². The number of rotatable bonds is 2. The van der Waals surface area contributed by atoms with Gasteiger partial charge in [0.25, 0.3) is 0 Å². The second-order valence-electron chi connectivity index (χ2n) is 6.32. The lowest BCUT2D eigenvalue weighted by atomic mass is 10.0. The van der Waals surface area contributed by atoms with Crippen molar-refractivity contribution in [1.29, 1.82) is 0 Å². The summed E-state index contributed by atoms with van der Waals surface area (Å²) in [6.45, 7) is 8.80. The normalized spacial score (nSPS) is 22.0. The standard InChI is InChI=1S/C19H23ClN2/c1-14-4-8-19(9-5-14)22-15(2)12-21(13-16(22)3)18-10-6-17(20)7-11-18/h4-11,15-16H,12-13H2,1-3H3/t15-,16+. The number of anilines is 2. The zero-order valence-electron chi connectivity index (χ0n) is 13.5. The molecule has 2 atom stereocenters. The Hall–Kier alpha value is -1.67. The van der Waals surface area contributed by atoms with Crippen molar-refractivity contribution in [2.75, 3.05) is 22.9 Å². The number of nitrogens with zero attached hydrogens (tertiary/aromatic N) is 2. The van der Waals surface area contributed by atoms with E-state index in [0.29, 0.717) is 12.1 Å². The van der Waals surface area contributed by atoms with Gasteiger partial charge in [0, 0.05) is 41.6 Å². The summed E-state index contributed by atoms with van der Waals surface area (Å²) in [5, 5.41) is 0.795. The first-order valence-electron chi connectivity index (χ1n) is 7.90. The molecule has 2 nitrogen and oxygen atoms in total. The van der Waals surface area contributed by atoms with Crippen LogP contribution < -0.4 is 9.80 Å². The Morgan fingerprint density at radius 1 is 0.818 bits per heavy atom. The highest BCUT2D eigenvalue weighted by atomic mass is 35.5. The van der Waals surface area contributed by atoms with Crippen LogP contribution in [0, 0.1) is 6.92 Å². The Bertz CT molecular complexity index is 609. The topological polar surface area (TPSA) is 6.48 Å². The molecule has 1 heterocycles. The molecule has 0 spiro atoms. The van der Waals surface area contributed by atoms with E-state index in [2.05, 4.69) is 67.0 Å². The van der Waals surface area contributed by atoms with Crippen LogP contribution in [-0.4, -0.2) is 25.2 Å². The molecule has 0 amide bonds. The molecule has 2 aromatic carbocycles. The van der Waals surface area contributed by atoms with Crippen LogP contribution in [0.1, 0.15) is 19.4 Å². The Morgan fingerprint density at radius 2 is 1.32 bits per heavy atom. The molecule has 0 unspecified atom stereocenters. The van der Waals surface area contributed by atoms with E-state index in [1.807, 2.05) is 12.1 Å². The van der Waals surface area contributed by atoms with Crippen molar-refractivity contribution in [3.8, 4) is 0 Å². The van der Waals surface area contributed by atoms with Crippen molar-refractivity contribution >= 4 is 23.0 Å². The van der Waals surface area contributed by atoms with Crippen molar-refractivity contribution in [1.82, 2.24) is 0 Å². The third kappa shape index (κ3) is 3.07. The van der Waals surface area contributed by atoms with Crippen LogP contribution in [0.25, 0.3) is 0 Å². The Labute approximate surface area is 138 Å². The summed E-state index contributed by atoms with van der Waals surface area (Å²) in [6.07, 6.45) is 0. The summed E-state index contributed by atoms with van der Waals surface area (Å²) >= 11 is 6.00. The number of aryl methyl sites for hydroxylation is 1. The first-order valence-corrected chi connectivity index (χ1v) is 8.28. The molecular weight excluding hydrogens is 292 g/mol. The summed E-state index contributed by atoms with van der Waals surface area (Å²) in [7, 11) is 0. The Balaban J connectivity index is 1.79. The lowest BCUT2D eigenvalue weighted by Gasteiger charge is -2.46. The summed E-state index contributed by atoms with van der Waals surface area (Å²) in [5.74, 6) is 0. The predicted molar refractivity (Wildman–Crippen MR) is 96.2 cm³/mol. The number of piperazine rings is 1. The molecule has 0 aliphatic carbocycles. The maximum absolute atomic E-state index is 6.00. The second kappa shape index (κ2) is 6.21. The van der Waals surface area contributed by atoms with Gasteiger partial charge in [-0.25, -0.2) is 0 Å². The molecule has 3 rings (SSSR count). The molecule has 1 aliphatic heterocycles. The SMILES string of the molecule is Cc1ccc(N2[C@H](C)CN(c3ccc(Cl)cc3)C[C@@H]2C)cc1. The van der Waals surface area contributed by atoms with Crippen LogP contribution in [0.2, 0.25) is 5.02 Å². The number of benzene rings is 2. The predicted octanol–water partition coefficient (Wildman–Crippen LogP) is 4.75. The number of hydrogen-bond donors (Lipinski definition) is 0. The lowest BCUT2D eigenvalue weighted by molar-refractivity contribution is 0.475. The average Bonchev–Trinajstić information content (AvgIpc) is 2.49. The minimum absolute atomic E-state index is 0.474. The number of hydrogen-bond acceptors (Lipinski definition) is 2. The third-order valence-corrected chi connectivity index (χ3v) is 4.69. The number of halogens is 1. The van der Waals surface area contributed by atoms with Gasteiger partial charge in [-0.2, -0.15) is 0 Å². The first kappa shape index (κ1) is 15.2. The lowest BCUT2D eigenvalue weighted by Crippen LogP contribution is -2.57. The molecule has 1 fully saturated rings. The van der Waals surface area contributed by atoms with Gasteiger partial charge in [-0.1, -0.05) is 29.3 Å². The third-order valence-electron chi connectivity index (χ3n) is 4.44. The molecule has 0 aromatic heterocycles. The fourth-order valence-corrected chi connectivity index (χ4v) is 3.54. The van der Waals surface area contributed by atoms with Crippen molar-refractivity contribution in [3.63, 3.8) is 0 Å². The average molecular weight is 315 g/mol. The Morgan fingerprint density at radius 3 is 1.86 bits per heavy atom. The van der Waals surface area contributed by atoms with Gasteiger partial charge in [0.15, 0.2) is 0 Å². The molecule has 0 saturated carbocycles. The summed E-state index contributed by atoms with van der Waals surface area (Å²) in [4.78, 5) is 4.99. The zero-order valence-corrected chi connectivity index (χ0v) is 14.2. The highest BCUT2D eigenvalue weighted by Crippen LogP contribution is 2.28. The molecule has 1 aliphatic rings. The maximum Gasteiger partial charge on any atom is 0.0440 e. The second-order valence-corrected chi connectivity index (χ2v) is 6.76. The van der Waals surface area contributed by atoms with Gasteiger partial charge in [0.2, 0.25) is 0 Å². The van der Waals surface area contributed by atoms with E-state index in [9.17, 15) is 0 Å². The van der Waals surface area contributed by atoms with E-state index in [4.69, 9.17) is 11.6 Å². The molecule has 0 N–H and O–H groups in total. The molecular formula is C19H23ClN2. The molecule has 0 bridgehead atoms. The molecule has 2 aromatic rings. The highest BCUT2D eigenvalue weighted by molar-refractivity contribution is 6.30. The smallest absolute Gasteiger partial charge is 0.0440 e. The highest BCUT2D eigenvalue weighted by Gasteiger charge is 2.29. The van der Waals surface area contributed by atoms with Gasteiger partial charge >= 0.3 is 0 Å². The van der Waals surface area contributed by atoms with Gasteiger partial charge in [0.05, 0.1) is 0 Å². The summed E-state index contributed by atoms with van der Waals surface area (Å²) in [5.41, 5.74) is 3.89. The first-order chi connectivity index (χ1) is 10.5. The summed E-state index contributed by atoms with van der Waals surface area (Å²) in [6, 6.07) is 18.0. The van der Waals surface area contributed by atoms with Crippen LogP contribution in [0.5, 0.6) is 0 Å². The van der Waals surface area contributed by atoms with E-state index in [1.54, 1.807) is 0 Å². The van der Waals surface area contributed by atoms with Crippen LogP contribution >= 0.6 is 11.6 Å². The largest absolute Gasteiger partial charge is 0.367 e.